The van der Waals surface area contributed by atoms with Crippen molar-refractivity contribution in [3.63, 3.8) is 0 Å². The Morgan fingerprint density at radius 3 is 2.56 bits per heavy atom. The van der Waals surface area contributed by atoms with E-state index in [1.165, 1.54) is 0 Å². The van der Waals surface area contributed by atoms with Gasteiger partial charge < -0.3 is 5.32 Å². The minimum absolute atomic E-state index is 0.0289. The van der Waals surface area contributed by atoms with Gasteiger partial charge in [-0.25, -0.2) is 9.97 Å². The Bertz CT molecular complexity index is 876. The maximum Gasteiger partial charge on any atom is 0.223 e. The smallest absolute Gasteiger partial charge is 0.223 e. The van der Waals surface area contributed by atoms with E-state index in [2.05, 4.69) is 57.3 Å². The molecule has 0 atom stereocenters. The Morgan fingerprint density at radius 2 is 1.88 bits per heavy atom. The van der Waals surface area contributed by atoms with Gasteiger partial charge in [0.2, 0.25) is 5.95 Å². The van der Waals surface area contributed by atoms with Gasteiger partial charge in [-0.15, -0.1) is 0 Å². The molecule has 3 aromatic rings. The monoisotopic (exact) mass is 336 g/mol. The first-order valence-corrected chi connectivity index (χ1v) is 8.39. The SMILES string of the molecule is Cc1ccc(-c2ccnc(NCc3cc(C(C)(C)C)n[nH]3)n2)c(C)n1. The Balaban J connectivity index is 1.75. The zero-order chi connectivity index (χ0) is 18.0. The largest absolute Gasteiger partial charge is 0.349 e. The van der Waals surface area contributed by atoms with Crippen LogP contribution in [0, 0.1) is 13.8 Å². The summed E-state index contributed by atoms with van der Waals surface area (Å²) in [5.74, 6) is 0.587. The third-order valence-electron chi connectivity index (χ3n) is 3.99. The summed E-state index contributed by atoms with van der Waals surface area (Å²) in [4.78, 5) is 13.4. The summed E-state index contributed by atoms with van der Waals surface area (Å²) in [7, 11) is 0. The quantitative estimate of drug-likeness (QED) is 0.758. The van der Waals surface area contributed by atoms with Crippen LogP contribution < -0.4 is 5.32 Å². The van der Waals surface area contributed by atoms with Crippen LogP contribution in [0.2, 0.25) is 0 Å². The number of nitrogens with one attached hydrogen (secondary N) is 2. The minimum Gasteiger partial charge on any atom is -0.349 e. The third-order valence-corrected chi connectivity index (χ3v) is 3.99. The van der Waals surface area contributed by atoms with Crippen LogP contribution in [0.3, 0.4) is 0 Å². The number of pyridine rings is 1. The fourth-order valence-corrected chi connectivity index (χ4v) is 2.56. The number of anilines is 1. The number of hydrogen-bond donors (Lipinski definition) is 2. The number of aromatic amines is 1. The molecule has 0 saturated heterocycles. The Kier molecular flexibility index (Phi) is 4.53. The first kappa shape index (κ1) is 17.1. The fraction of sp³-hybridized carbons (Fsp3) is 0.368. The standard InChI is InChI=1S/C19H24N6/c1-12-6-7-15(13(2)22-12)16-8-9-20-18(23-16)21-11-14-10-17(25-24-14)19(3,4)5/h6-10H,11H2,1-5H3,(H,24,25)(H,20,21,23). The Morgan fingerprint density at radius 1 is 1.08 bits per heavy atom. The molecule has 2 N–H and O–H groups in total. The first-order valence-electron chi connectivity index (χ1n) is 8.39. The number of aromatic nitrogens is 5. The summed E-state index contributed by atoms with van der Waals surface area (Å²) in [5, 5.41) is 10.7. The lowest BCUT2D eigenvalue weighted by molar-refractivity contribution is 0.567. The Hall–Kier alpha value is -2.76. The van der Waals surface area contributed by atoms with Crippen LogP contribution >= 0.6 is 0 Å². The molecule has 3 aromatic heterocycles. The molecule has 0 radical (unpaired) electrons. The van der Waals surface area contributed by atoms with E-state index in [0.29, 0.717) is 12.5 Å². The summed E-state index contributed by atoms with van der Waals surface area (Å²) in [5.41, 5.74) is 5.93. The topological polar surface area (TPSA) is 79.4 Å². The second-order valence-corrected chi connectivity index (χ2v) is 7.23. The summed E-state index contributed by atoms with van der Waals surface area (Å²) < 4.78 is 0. The molecule has 0 aliphatic heterocycles. The highest BCUT2D eigenvalue weighted by Crippen LogP contribution is 2.22. The average Bonchev–Trinajstić information content (AvgIpc) is 3.02. The normalized spacial score (nSPS) is 11.6. The molecule has 0 aliphatic carbocycles. The zero-order valence-electron chi connectivity index (χ0n) is 15.4. The molecule has 3 rings (SSSR count). The van der Waals surface area contributed by atoms with Crippen molar-refractivity contribution < 1.29 is 0 Å². The fourth-order valence-electron chi connectivity index (χ4n) is 2.56. The lowest BCUT2D eigenvalue weighted by Gasteiger charge is -2.13. The molecule has 0 bridgehead atoms. The van der Waals surface area contributed by atoms with Gasteiger partial charge in [-0.05, 0) is 38.1 Å². The van der Waals surface area contributed by atoms with Crippen molar-refractivity contribution in [2.45, 2.75) is 46.6 Å². The van der Waals surface area contributed by atoms with Crippen molar-refractivity contribution in [1.82, 2.24) is 25.1 Å². The van der Waals surface area contributed by atoms with E-state index in [1.807, 2.05) is 32.0 Å². The lowest BCUT2D eigenvalue weighted by Crippen LogP contribution is -2.11. The average molecular weight is 336 g/mol. The van der Waals surface area contributed by atoms with Gasteiger partial charge >= 0.3 is 0 Å². The summed E-state index contributed by atoms with van der Waals surface area (Å²) >= 11 is 0. The van der Waals surface area contributed by atoms with E-state index in [4.69, 9.17) is 0 Å². The number of aryl methyl sites for hydroxylation is 2. The van der Waals surface area contributed by atoms with Crippen LogP contribution in [0.1, 0.15) is 43.5 Å². The molecule has 0 saturated carbocycles. The van der Waals surface area contributed by atoms with Crippen molar-refractivity contribution in [3.05, 3.63) is 53.2 Å². The van der Waals surface area contributed by atoms with Gasteiger partial charge in [0.05, 0.1) is 23.6 Å². The number of hydrogen-bond acceptors (Lipinski definition) is 5. The highest BCUT2D eigenvalue weighted by atomic mass is 15.2. The molecular weight excluding hydrogens is 312 g/mol. The maximum atomic E-state index is 4.61. The van der Waals surface area contributed by atoms with Crippen LogP contribution in [0.25, 0.3) is 11.3 Å². The highest BCUT2D eigenvalue weighted by molar-refractivity contribution is 5.62. The molecular formula is C19H24N6. The number of rotatable bonds is 4. The van der Waals surface area contributed by atoms with Crippen LogP contribution in [0.5, 0.6) is 0 Å². The van der Waals surface area contributed by atoms with Gasteiger partial charge in [-0.1, -0.05) is 20.8 Å². The van der Waals surface area contributed by atoms with Crippen molar-refractivity contribution in [2.75, 3.05) is 5.32 Å². The maximum absolute atomic E-state index is 4.61. The van der Waals surface area contributed by atoms with E-state index in [9.17, 15) is 0 Å². The molecule has 0 aromatic carbocycles. The van der Waals surface area contributed by atoms with E-state index in [0.717, 1.165) is 34.0 Å². The Labute approximate surface area is 148 Å². The van der Waals surface area contributed by atoms with Crippen molar-refractivity contribution in [1.29, 1.82) is 0 Å². The molecule has 0 aliphatic rings. The van der Waals surface area contributed by atoms with Gasteiger partial charge in [-0.3, -0.25) is 10.1 Å². The van der Waals surface area contributed by atoms with E-state index in [-0.39, 0.29) is 5.41 Å². The molecule has 6 nitrogen and oxygen atoms in total. The molecule has 3 heterocycles. The second-order valence-electron chi connectivity index (χ2n) is 7.23. The summed E-state index contributed by atoms with van der Waals surface area (Å²) in [6, 6.07) is 8.02. The van der Waals surface area contributed by atoms with Gasteiger partial charge in [0.15, 0.2) is 0 Å². The molecule has 0 spiro atoms. The minimum atomic E-state index is 0.0289. The second kappa shape index (κ2) is 6.63. The molecule has 0 fully saturated rings. The van der Waals surface area contributed by atoms with Crippen molar-refractivity contribution in [2.24, 2.45) is 0 Å². The van der Waals surface area contributed by atoms with E-state index in [1.54, 1.807) is 6.20 Å². The predicted molar refractivity (Wildman–Crippen MR) is 99.4 cm³/mol. The van der Waals surface area contributed by atoms with E-state index >= 15 is 0 Å². The molecule has 25 heavy (non-hydrogen) atoms. The number of H-pyrrole nitrogens is 1. The lowest BCUT2D eigenvalue weighted by atomic mass is 9.92. The van der Waals surface area contributed by atoms with Gasteiger partial charge in [0, 0.05) is 28.6 Å². The van der Waals surface area contributed by atoms with Gasteiger partial charge in [0.25, 0.3) is 0 Å². The molecule has 0 amide bonds. The van der Waals surface area contributed by atoms with Crippen LogP contribution in [-0.4, -0.2) is 25.1 Å². The van der Waals surface area contributed by atoms with Crippen LogP contribution in [-0.2, 0) is 12.0 Å². The number of nitrogens with zero attached hydrogens (tertiary/aromatic N) is 4. The van der Waals surface area contributed by atoms with Gasteiger partial charge in [0.1, 0.15) is 0 Å². The van der Waals surface area contributed by atoms with Crippen molar-refractivity contribution in [3.8, 4) is 11.3 Å². The third kappa shape index (κ3) is 4.02. The van der Waals surface area contributed by atoms with Crippen LogP contribution in [0.4, 0.5) is 5.95 Å². The predicted octanol–water partition coefficient (Wildman–Crippen LogP) is 3.79. The van der Waals surface area contributed by atoms with Crippen LogP contribution in [0.15, 0.2) is 30.5 Å². The summed E-state index contributed by atoms with van der Waals surface area (Å²) in [6.45, 7) is 11.0. The summed E-state index contributed by atoms with van der Waals surface area (Å²) in [6.07, 6.45) is 1.76. The van der Waals surface area contributed by atoms with Gasteiger partial charge in [-0.2, -0.15) is 5.10 Å². The zero-order valence-corrected chi connectivity index (χ0v) is 15.4. The van der Waals surface area contributed by atoms with Crippen molar-refractivity contribution >= 4 is 5.95 Å². The molecule has 130 valence electrons. The first-order chi connectivity index (χ1) is 11.8. The highest BCUT2D eigenvalue weighted by Gasteiger charge is 2.17. The molecule has 0 unspecified atom stereocenters. The van der Waals surface area contributed by atoms with E-state index < -0.39 is 0 Å². The molecule has 6 heteroatoms.